The molecule has 34 heavy (non-hydrogen) atoms. The van der Waals surface area contributed by atoms with Gasteiger partial charge in [0.25, 0.3) is 0 Å². The SMILES string of the molecule is Oc1ccc2ccccc2c1C=NNc1nc(Nc2ccccc2)nc(Nc2ccccc2)n1. The normalized spacial score (nSPS) is 10.9. The summed E-state index contributed by atoms with van der Waals surface area (Å²) >= 11 is 0. The van der Waals surface area contributed by atoms with Crippen LogP contribution in [0.3, 0.4) is 0 Å². The Balaban J connectivity index is 1.44. The van der Waals surface area contributed by atoms with E-state index in [1.807, 2.05) is 91.0 Å². The Labute approximate surface area is 196 Å². The maximum atomic E-state index is 10.3. The van der Waals surface area contributed by atoms with E-state index in [1.165, 1.54) is 0 Å². The van der Waals surface area contributed by atoms with E-state index in [0.717, 1.165) is 22.1 Å². The van der Waals surface area contributed by atoms with Crippen molar-refractivity contribution >= 4 is 46.2 Å². The van der Waals surface area contributed by atoms with Crippen LogP contribution in [0.5, 0.6) is 5.75 Å². The molecule has 0 saturated carbocycles. The van der Waals surface area contributed by atoms with Crippen LogP contribution < -0.4 is 16.1 Å². The first kappa shape index (κ1) is 20.9. The van der Waals surface area contributed by atoms with Crippen LogP contribution >= 0.6 is 0 Å². The Hall–Kier alpha value is -4.98. The van der Waals surface area contributed by atoms with Crippen molar-refractivity contribution in [1.29, 1.82) is 0 Å². The fourth-order valence-electron chi connectivity index (χ4n) is 3.41. The molecule has 0 aliphatic heterocycles. The van der Waals surface area contributed by atoms with E-state index < -0.39 is 0 Å². The molecule has 4 aromatic carbocycles. The summed E-state index contributed by atoms with van der Waals surface area (Å²) in [6.45, 7) is 0. The van der Waals surface area contributed by atoms with Gasteiger partial charge in [-0.25, -0.2) is 5.43 Å². The number of fused-ring (bicyclic) bond motifs is 1. The van der Waals surface area contributed by atoms with Crippen LogP contribution in [-0.2, 0) is 0 Å². The first-order valence-corrected chi connectivity index (χ1v) is 10.6. The molecule has 1 aromatic heterocycles. The Morgan fingerprint density at radius 1 is 0.618 bits per heavy atom. The van der Waals surface area contributed by atoms with E-state index >= 15 is 0 Å². The number of anilines is 5. The highest BCUT2D eigenvalue weighted by Gasteiger charge is 2.08. The van der Waals surface area contributed by atoms with Gasteiger partial charge < -0.3 is 15.7 Å². The van der Waals surface area contributed by atoms with Crippen LogP contribution in [0.4, 0.5) is 29.2 Å². The summed E-state index contributed by atoms with van der Waals surface area (Å²) in [7, 11) is 0. The third-order valence-electron chi connectivity index (χ3n) is 5.00. The molecule has 8 heteroatoms. The average Bonchev–Trinajstić information content (AvgIpc) is 2.86. The number of benzene rings is 4. The molecule has 0 aliphatic rings. The molecule has 0 amide bonds. The number of para-hydroxylation sites is 2. The summed E-state index contributed by atoms with van der Waals surface area (Å²) < 4.78 is 0. The predicted octanol–water partition coefficient (Wildman–Crippen LogP) is 5.66. The smallest absolute Gasteiger partial charge is 0.250 e. The second-order valence-electron chi connectivity index (χ2n) is 7.38. The van der Waals surface area contributed by atoms with Crippen molar-refractivity contribution in [3.8, 4) is 5.75 Å². The van der Waals surface area contributed by atoms with Crippen LogP contribution in [0.15, 0.2) is 102 Å². The van der Waals surface area contributed by atoms with Crippen LogP contribution in [-0.4, -0.2) is 26.3 Å². The molecule has 0 fully saturated rings. The zero-order valence-electron chi connectivity index (χ0n) is 18.1. The fourth-order valence-corrected chi connectivity index (χ4v) is 3.41. The number of rotatable bonds is 7. The molecule has 166 valence electrons. The van der Waals surface area contributed by atoms with Crippen molar-refractivity contribution in [2.75, 3.05) is 16.1 Å². The largest absolute Gasteiger partial charge is 0.507 e. The lowest BCUT2D eigenvalue weighted by Crippen LogP contribution is -2.07. The van der Waals surface area contributed by atoms with Gasteiger partial charge in [0.15, 0.2) is 0 Å². The maximum absolute atomic E-state index is 10.3. The molecule has 0 radical (unpaired) electrons. The average molecular weight is 448 g/mol. The second kappa shape index (κ2) is 9.66. The molecule has 1 heterocycles. The number of hydrogen-bond acceptors (Lipinski definition) is 8. The number of aromatic hydroxyl groups is 1. The maximum Gasteiger partial charge on any atom is 0.250 e. The lowest BCUT2D eigenvalue weighted by molar-refractivity contribution is 0.475. The molecule has 0 saturated heterocycles. The van der Waals surface area contributed by atoms with Gasteiger partial charge in [-0.2, -0.15) is 20.1 Å². The highest BCUT2D eigenvalue weighted by Crippen LogP contribution is 2.25. The minimum atomic E-state index is 0.137. The van der Waals surface area contributed by atoms with Gasteiger partial charge >= 0.3 is 0 Å². The zero-order valence-corrected chi connectivity index (χ0v) is 18.1. The molecular formula is C26H21N7O. The van der Waals surface area contributed by atoms with Crippen molar-refractivity contribution in [3.63, 3.8) is 0 Å². The van der Waals surface area contributed by atoms with Gasteiger partial charge in [-0.05, 0) is 41.1 Å². The first-order chi connectivity index (χ1) is 16.7. The minimum Gasteiger partial charge on any atom is -0.507 e. The van der Waals surface area contributed by atoms with Gasteiger partial charge in [0.05, 0.1) is 6.21 Å². The number of phenols is 1. The van der Waals surface area contributed by atoms with E-state index in [9.17, 15) is 5.11 Å². The van der Waals surface area contributed by atoms with Gasteiger partial charge in [-0.3, -0.25) is 0 Å². The third-order valence-corrected chi connectivity index (χ3v) is 5.00. The fraction of sp³-hybridized carbons (Fsp3) is 0. The minimum absolute atomic E-state index is 0.137. The molecule has 5 aromatic rings. The van der Waals surface area contributed by atoms with Gasteiger partial charge in [0.2, 0.25) is 17.8 Å². The highest BCUT2D eigenvalue weighted by molar-refractivity contribution is 6.02. The van der Waals surface area contributed by atoms with Crippen LogP contribution in [0.25, 0.3) is 10.8 Å². The Morgan fingerprint density at radius 3 is 1.82 bits per heavy atom. The molecular weight excluding hydrogens is 426 g/mol. The summed E-state index contributed by atoms with van der Waals surface area (Å²) in [5.41, 5.74) is 5.14. The topological polar surface area (TPSA) is 107 Å². The molecule has 5 rings (SSSR count). The van der Waals surface area contributed by atoms with Crippen molar-refractivity contribution in [1.82, 2.24) is 15.0 Å². The van der Waals surface area contributed by atoms with E-state index in [1.54, 1.807) is 12.3 Å². The molecule has 4 N–H and O–H groups in total. The van der Waals surface area contributed by atoms with Gasteiger partial charge in [-0.15, -0.1) is 0 Å². The predicted molar refractivity (Wildman–Crippen MR) is 136 cm³/mol. The van der Waals surface area contributed by atoms with Crippen LogP contribution in [0.2, 0.25) is 0 Å². The van der Waals surface area contributed by atoms with E-state index in [-0.39, 0.29) is 11.7 Å². The molecule has 0 bridgehead atoms. The summed E-state index contributed by atoms with van der Waals surface area (Å²) in [5, 5.41) is 22.9. The Bertz CT molecular complexity index is 1380. The van der Waals surface area contributed by atoms with E-state index in [4.69, 9.17) is 0 Å². The molecule has 8 nitrogen and oxygen atoms in total. The number of phenolic OH excluding ortho intramolecular Hbond substituents is 1. The number of nitrogens with zero attached hydrogens (tertiary/aromatic N) is 4. The third kappa shape index (κ3) is 4.91. The van der Waals surface area contributed by atoms with Gasteiger partial charge in [0.1, 0.15) is 5.75 Å². The first-order valence-electron chi connectivity index (χ1n) is 10.6. The standard InChI is InChI=1S/C26H21N7O/c34-23-16-15-18-9-7-8-14-21(18)22(23)17-27-33-26-31-24(28-19-10-3-1-4-11-19)30-25(32-26)29-20-12-5-2-6-13-20/h1-17,34H,(H3,28,29,30,31,32,33). The quantitative estimate of drug-likeness (QED) is 0.188. The van der Waals surface area contributed by atoms with E-state index in [0.29, 0.717) is 17.5 Å². The van der Waals surface area contributed by atoms with Crippen molar-refractivity contribution < 1.29 is 5.11 Å². The Morgan fingerprint density at radius 2 is 1.18 bits per heavy atom. The number of hydrogen-bond donors (Lipinski definition) is 4. The molecule has 0 unspecified atom stereocenters. The Kier molecular flexibility index (Phi) is 5.94. The molecule has 0 atom stereocenters. The van der Waals surface area contributed by atoms with Crippen molar-refractivity contribution in [2.45, 2.75) is 0 Å². The summed E-state index contributed by atoms with van der Waals surface area (Å²) in [6.07, 6.45) is 1.55. The number of nitrogens with one attached hydrogen (secondary N) is 3. The van der Waals surface area contributed by atoms with Gasteiger partial charge in [0, 0.05) is 16.9 Å². The lowest BCUT2D eigenvalue weighted by Gasteiger charge is -2.10. The zero-order chi connectivity index (χ0) is 23.2. The van der Waals surface area contributed by atoms with E-state index in [2.05, 4.69) is 36.1 Å². The van der Waals surface area contributed by atoms with Gasteiger partial charge in [-0.1, -0.05) is 66.7 Å². The van der Waals surface area contributed by atoms with Crippen LogP contribution in [0, 0.1) is 0 Å². The summed E-state index contributed by atoms with van der Waals surface area (Å²) in [4.78, 5) is 13.3. The monoisotopic (exact) mass is 447 g/mol. The van der Waals surface area contributed by atoms with Crippen LogP contribution in [0.1, 0.15) is 5.56 Å². The molecule has 0 aliphatic carbocycles. The number of hydrazone groups is 1. The summed E-state index contributed by atoms with van der Waals surface area (Å²) in [6, 6.07) is 30.5. The van der Waals surface area contributed by atoms with Crippen molar-refractivity contribution in [3.05, 3.63) is 103 Å². The number of aromatic nitrogens is 3. The lowest BCUT2D eigenvalue weighted by atomic mass is 10.0. The summed E-state index contributed by atoms with van der Waals surface area (Å²) in [5.74, 6) is 1.08. The molecule has 0 spiro atoms. The second-order valence-corrected chi connectivity index (χ2v) is 7.38. The highest BCUT2D eigenvalue weighted by atomic mass is 16.3. The van der Waals surface area contributed by atoms with Crippen molar-refractivity contribution in [2.24, 2.45) is 5.10 Å².